The number of carbonyl (C=O) groups is 2. The standard InChI is InChI=1S/C21H20FN3O2/c22-14-4-3-5-15(10-14)25-21(27)18-11-17(18)20(26)23-9-8-13-12-24-19-7-2-1-6-16(13)19/h1-7,10,12,17-18,24H,8-9,11H2,(H,23,26)(H,25,27). The summed E-state index contributed by atoms with van der Waals surface area (Å²) < 4.78 is 13.2. The van der Waals surface area contributed by atoms with Crippen LogP contribution in [-0.2, 0) is 16.0 Å². The molecule has 138 valence electrons. The predicted octanol–water partition coefficient (Wildman–Crippen LogP) is 3.24. The third kappa shape index (κ3) is 3.84. The number of nitrogens with one attached hydrogen (secondary N) is 3. The molecule has 2 atom stereocenters. The molecule has 1 aliphatic rings. The van der Waals surface area contributed by atoms with Gasteiger partial charge in [0.15, 0.2) is 0 Å². The number of benzene rings is 2. The number of H-pyrrole nitrogens is 1. The summed E-state index contributed by atoms with van der Waals surface area (Å²) in [4.78, 5) is 27.7. The number of amides is 2. The first kappa shape index (κ1) is 17.3. The van der Waals surface area contributed by atoms with Gasteiger partial charge >= 0.3 is 0 Å². The molecule has 3 aromatic rings. The number of fused-ring (bicyclic) bond motifs is 1. The minimum Gasteiger partial charge on any atom is -0.361 e. The highest BCUT2D eigenvalue weighted by Crippen LogP contribution is 2.39. The zero-order valence-corrected chi connectivity index (χ0v) is 14.7. The van der Waals surface area contributed by atoms with Gasteiger partial charge in [-0.05, 0) is 42.7 Å². The lowest BCUT2D eigenvalue weighted by Crippen LogP contribution is -2.29. The van der Waals surface area contributed by atoms with Gasteiger partial charge in [0, 0.05) is 29.3 Å². The topological polar surface area (TPSA) is 74.0 Å². The Labute approximate surface area is 156 Å². The van der Waals surface area contributed by atoms with E-state index in [1.54, 1.807) is 6.07 Å². The van der Waals surface area contributed by atoms with Gasteiger partial charge in [0.05, 0.1) is 11.8 Å². The summed E-state index contributed by atoms with van der Waals surface area (Å²) in [5, 5.41) is 6.74. The molecule has 6 heteroatoms. The number of rotatable bonds is 6. The Balaban J connectivity index is 1.25. The van der Waals surface area contributed by atoms with Crippen LogP contribution < -0.4 is 10.6 Å². The average Bonchev–Trinajstić information content (AvgIpc) is 3.37. The van der Waals surface area contributed by atoms with Crippen LogP contribution in [0.5, 0.6) is 0 Å². The van der Waals surface area contributed by atoms with E-state index in [0.717, 1.165) is 22.9 Å². The van der Waals surface area contributed by atoms with Crippen LogP contribution in [0, 0.1) is 17.7 Å². The lowest BCUT2D eigenvalue weighted by atomic mass is 10.1. The van der Waals surface area contributed by atoms with Crippen molar-refractivity contribution in [1.82, 2.24) is 10.3 Å². The molecular weight excluding hydrogens is 345 g/mol. The van der Waals surface area contributed by atoms with Crippen molar-refractivity contribution in [1.29, 1.82) is 0 Å². The molecule has 0 bridgehead atoms. The van der Waals surface area contributed by atoms with Crippen LogP contribution in [0.15, 0.2) is 54.7 Å². The summed E-state index contributed by atoms with van der Waals surface area (Å²) in [6.07, 6.45) is 3.21. The van der Waals surface area contributed by atoms with Crippen molar-refractivity contribution < 1.29 is 14.0 Å². The number of aromatic nitrogens is 1. The molecule has 0 radical (unpaired) electrons. The summed E-state index contributed by atoms with van der Waals surface area (Å²) in [7, 11) is 0. The maximum Gasteiger partial charge on any atom is 0.228 e. The van der Waals surface area contributed by atoms with Gasteiger partial charge < -0.3 is 15.6 Å². The van der Waals surface area contributed by atoms with Crippen molar-refractivity contribution in [2.45, 2.75) is 12.8 Å². The second-order valence-corrected chi connectivity index (χ2v) is 6.85. The van der Waals surface area contributed by atoms with E-state index in [9.17, 15) is 14.0 Å². The van der Waals surface area contributed by atoms with Gasteiger partial charge in [0.1, 0.15) is 5.82 Å². The number of hydrogen-bond acceptors (Lipinski definition) is 2. The molecule has 1 aliphatic carbocycles. The molecule has 4 rings (SSSR count). The highest BCUT2D eigenvalue weighted by Gasteiger charge is 2.47. The molecule has 1 saturated carbocycles. The number of carbonyl (C=O) groups excluding carboxylic acids is 2. The fraction of sp³-hybridized carbons (Fsp3) is 0.238. The summed E-state index contributed by atoms with van der Waals surface area (Å²) in [6.45, 7) is 0.523. The molecule has 0 aliphatic heterocycles. The Morgan fingerprint density at radius 3 is 2.74 bits per heavy atom. The fourth-order valence-electron chi connectivity index (χ4n) is 3.37. The summed E-state index contributed by atoms with van der Waals surface area (Å²) in [5.41, 5.74) is 2.64. The van der Waals surface area contributed by atoms with Crippen LogP contribution in [0.3, 0.4) is 0 Å². The van der Waals surface area contributed by atoms with Gasteiger partial charge in [-0.2, -0.15) is 0 Å². The van der Waals surface area contributed by atoms with E-state index in [-0.39, 0.29) is 23.7 Å². The molecule has 0 saturated heterocycles. The Hall–Kier alpha value is -3.15. The molecule has 27 heavy (non-hydrogen) atoms. The lowest BCUT2D eigenvalue weighted by Gasteiger charge is -2.06. The molecule has 3 N–H and O–H groups in total. The van der Waals surface area contributed by atoms with Crippen LogP contribution in [0.1, 0.15) is 12.0 Å². The third-order valence-corrected chi connectivity index (χ3v) is 4.92. The van der Waals surface area contributed by atoms with E-state index >= 15 is 0 Å². The maximum atomic E-state index is 13.2. The van der Waals surface area contributed by atoms with E-state index in [0.29, 0.717) is 18.7 Å². The highest BCUT2D eigenvalue weighted by atomic mass is 19.1. The first-order valence-electron chi connectivity index (χ1n) is 9.01. The first-order chi connectivity index (χ1) is 13.1. The minimum atomic E-state index is -0.407. The first-order valence-corrected chi connectivity index (χ1v) is 9.01. The Morgan fingerprint density at radius 1 is 1.07 bits per heavy atom. The monoisotopic (exact) mass is 365 g/mol. The number of anilines is 1. The minimum absolute atomic E-state index is 0.103. The van der Waals surface area contributed by atoms with Gasteiger partial charge in [-0.3, -0.25) is 9.59 Å². The van der Waals surface area contributed by atoms with Crippen molar-refractivity contribution in [3.63, 3.8) is 0 Å². The average molecular weight is 365 g/mol. The van der Waals surface area contributed by atoms with E-state index in [4.69, 9.17) is 0 Å². The van der Waals surface area contributed by atoms with Gasteiger partial charge in [0.2, 0.25) is 11.8 Å². The number of halogens is 1. The van der Waals surface area contributed by atoms with Gasteiger partial charge in [-0.25, -0.2) is 4.39 Å². The SMILES string of the molecule is O=C(NCCc1c[nH]c2ccccc12)C1CC1C(=O)Nc1cccc(F)c1. The Kier molecular flexibility index (Phi) is 4.62. The Bertz CT molecular complexity index is 998. The van der Waals surface area contributed by atoms with Crippen LogP contribution in [0.2, 0.25) is 0 Å². The summed E-state index contributed by atoms with van der Waals surface area (Å²) in [5.74, 6) is -1.40. The summed E-state index contributed by atoms with van der Waals surface area (Å²) >= 11 is 0. The Morgan fingerprint density at radius 2 is 1.89 bits per heavy atom. The van der Waals surface area contributed by atoms with Crippen LogP contribution in [-0.4, -0.2) is 23.3 Å². The van der Waals surface area contributed by atoms with Gasteiger partial charge in [-0.1, -0.05) is 24.3 Å². The largest absolute Gasteiger partial charge is 0.361 e. The molecule has 1 heterocycles. The maximum absolute atomic E-state index is 13.2. The smallest absolute Gasteiger partial charge is 0.228 e. The molecule has 2 amide bonds. The molecular formula is C21H20FN3O2. The van der Waals surface area contributed by atoms with Crippen LogP contribution in [0.4, 0.5) is 10.1 Å². The predicted molar refractivity (Wildman–Crippen MR) is 102 cm³/mol. The zero-order chi connectivity index (χ0) is 18.8. The van der Waals surface area contributed by atoms with E-state index in [2.05, 4.69) is 21.7 Å². The van der Waals surface area contributed by atoms with Crippen molar-refractivity contribution in [2.24, 2.45) is 11.8 Å². The third-order valence-electron chi connectivity index (χ3n) is 4.92. The van der Waals surface area contributed by atoms with Crippen LogP contribution >= 0.6 is 0 Å². The molecule has 2 aromatic carbocycles. The molecule has 1 aromatic heterocycles. The number of hydrogen-bond donors (Lipinski definition) is 3. The van der Waals surface area contributed by atoms with E-state index in [1.165, 1.54) is 18.2 Å². The van der Waals surface area contributed by atoms with Crippen molar-refractivity contribution in [2.75, 3.05) is 11.9 Å². The second kappa shape index (κ2) is 7.23. The second-order valence-electron chi connectivity index (χ2n) is 6.85. The normalized spacial score (nSPS) is 18.3. The highest BCUT2D eigenvalue weighted by molar-refractivity contribution is 5.99. The van der Waals surface area contributed by atoms with Crippen molar-refractivity contribution in [3.05, 3.63) is 66.1 Å². The molecule has 1 fully saturated rings. The number of para-hydroxylation sites is 1. The quantitative estimate of drug-likeness (QED) is 0.627. The van der Waals surface area contributed by atoms with Crippen molar-refractivity contribution >= 4 is 28.4 Å². The molecule has 2 unspecified atom stereocenters. The van der Waals surface area contributed by atoms with E-state index in [1.807, 2.05) is 24.4 Å². The fourth-order valence-corrected chi connectivity index (χ4v) is 3.37. The zero-order valence-electron chi connectivity index (χ0n) is 14.7. The lowest BCUT2D eigenvalue weighted by molar-refractivity contribution is -0.125. The molecule has 0 spiro atoms. The number of aromatic amines is 1. The van der Waals surface area contributed by atoms with Crippen molar-refractivity contribution in [3.8, 4) is 0 Å². The van der Waals surface area contributed by atoms with Gasteiger partial charge in [0.25, 0.3) is 0 Å². The van der Waals surface area contributed by atoms with Gasteiger partial charge in [-0.15, -0.1) is 0 Å². The molecule has 5 nitrogen and oxygen atoms in total. The van der Waals surface area contributed by atoms with Crippen LogP contribution in [0.25, 0.3) is 10.9 Å². The van der Waals surface area contributed by atoms with E-state index < -0.39 is 5.82 Å². The summed E-state index contributed by atoms with van der Waals surface area (Å²) in [6, 6.07) is 13.8.